The fraction of sp³-hybridized carbons (Fsp3) is 0.235. The van der Waals surface area contributed by atoms with Crippen molar-refractivity contribution in [3.63, 3.8) is 0 Å². The lowest BCUT2D eigenvalue weighted by Crippen LogP contribution is -2.20. The zero-order valence-electron chi connectivity index (χ0n) is 11.9. The van der Waals surface area contributed by atoms with E-state index in [0.29, 0.717) is 6.42 Å². The second-order valence-corrected chi connectivity index (χ2v) is 6.23. The normalized spacial score (nSPS) is 15.2. The molecule has 21 heavy (non-hydrogen) atoms. The number of amides is 1. The molecule has 1 amide bonds. The molecule has 108 valence electrons. The van der Waals surface area contributed by atoms with E-state index in [1.165, 1.54) is 0 Å². The van der Waals surface area contributed by atoms with Crippen molar-refractivity contribution in [2.24, 2.45) is 0 Å². The van der Waals surface area contributed by atoms with Gasteiger partial charge in [-0.3, -0.25) is 4.79 Å². The second-order valence-electron chi connectivity index (χ2n) is 5.37. The van der Waals surface area contributed by atoms with E-state index in [1.807, 2.05) is 43.3 Å². The number of hydrogen-bond donors (Lipinski definition) is 1. The van der Waals surface area contributed by atoms with Gasteiger partial charge >= 0.3 is 0 Å². The molecule has 4 heteroatoms. The lowest BCUT2D eigenvalue weighted by Gasteiger charge is -2.17. The minimum absolute atomic E-state index is 0.0928. The number of halogens is 1. The highest BCUT2D eigenvalue weighted by molar-refractivity contribution is 9.10. The van der Waals surface area contributed by atoms with Gasteiger partial charge in [-0.2, -0.15) is 0 Å². The maximum atomic E-state index is 11.7. The summed E-state index contributed by atoms with van der Waals surface area (Å²) in [5, 5.41) is 10.6. The van der Waals surface area contributed by atoms with E-state index in [1.54, 1.807) is 11.9 Å². The molecule has 0 radical (unpaired) electrons. The summed E-state index contributed by atoms with van der Waals surface area (Å²) in [7, 11) is 1.78. The zero-order valence-corrected chi connectivity index (χ0v) is 13.5. The molecule has 1 heterocycles. The molecule has 3 rings (SSSR count). The summed E-state index contributed by atoms with van der Waals surface area (Å²) in [6.45, 7) is 1.98. The highest BCUT2D eigenvalue weighted by Gasteiger charge is 2.25. The van der Waals surface area contributed by atoms with Crippen molar-refractivity contribution in [3.05, 3.63) is 63.1 Å². The van der Waals surface area contributed by atoms with Gasteiger partial charge in [0, 0.05) is 17.2 Å². The molecule has 0 spiro atoms. The Morgan fingerprint density at radius 1 is 1.29 bits per heavy atom. The first-order valence-corrected chi connectivity index (χ1v) is 7.61. The Kier molecular flexibility index (Phi) is 3.59. The van der Waals surface area contributed by atoms with Crippen LogP contribution >= 0.6 is 15.9 Å². The van der Waals surface area contributed by atoms with Crippen molar-refractivity contribution in [1.82, 2.24) is 0 Å². The van der Waals surface area contributed by atoms with Crippen molar-refractivity contribution in [2.75, 3.05) is 11.9 Å². The number of rotatable bonds is 2. The van der Waals surface area contributed by atoms with Gasteiger partial charge in [0.2, 0.25) is 5.91 Å². The van der Waals surface area contributed by atoms with Gasteiger partial charge in [-0.25, -0.2) is 0 Å². The largest absolute Gasteiger partial charge is 0.384 e. The molecule has 0 aromatic heterocycles. The van der Waals surface area contributed by atoms with Crippen LogP contribution in [0, 0.1) is 6.92 Å². The lowest BCUT2D eigenvalue weighted by atomic mass is 9.96. The van der Waals surface area contributed by atoms with E-state index in [0.717, 1.165) is 32.4 Å². The predicted octanol–water partition coefficient (Wildman–Crippen LogP) is 3.36. The van der Waals surface area contributed by atoms with Crippen LogP contribution in [-0.4, -0.2) is 18.1 Å². The van der Waals surface area contributed by atoms with Crippen LogP contribution in [0.15, 0.2) is 40.9 Å². The molecule has 1 atom stereocenters. The first-order valence-electron chi connectivity index (χ1n) is 6.81. The van der Waals surface area contributed by atoms with E-state index >= 15 is 0 Å². The first-order chi connectivity index (χ1) is 9.99. The summed E-state index contributed by atoms with van der Waals surface area (Å²) in [5.74, 6) is 0.0928. The van der Waals surface area contributed by atoms with Crippen molar-refractivity contribution in [3.8, 4) is 0 Å². The topological polar surface area (TPSA) is 40.5 Å². The molecule has 0 saturated heterocycles. The average molecular weight is 346 g/mol. The number of anilines is 1. The van der Waals surface area contributed by atoms with Gasteiger partial charge in [0.05, 0.1) is 6.42 Å². The summed E-state index contributed by atoms with van der Waals surface area (Å²) >= 11 is 3.49. The van der Waals surface area contributed by atoms with Gasteiger partial charge in [0.25, 0.3) is 0 Å². The van der Waals surface area contributed by atoms with Gasteiger partial charge in [-0.1, -0.05) is 40.2 Å². The summed E-state index contributed by atoms with van der Waals surface area (Å²) in [6, 6.07) is 11.5. The van der Waals surface area contributed by atoms with Gasteiger partial charge in [-0.05, 0) is 41.3 Å². The van der Waals surface area contributed by atoms with Crippen LogP contribution in [0.2, 0.25) is 0 Å². The fourth-order valence-electron chi connectivity index (χ4n) is 2.76. The van der Waals surface area contributed by atoms with Crippen molar-refractivity contribution < 1.29 is 9.90 Å². The number of fused-ring (bicyclic) bond motifs is 1. The number of benzene rings is 2. The monoisotopic (exact) mass is 345 g/mol. The highest BCUT2D eigenvalue weighted by atomic mass is 79.9. The molecular weight excluding hydrogens is 330 g/mol. The number of nitrogens with zero attached hydrogens (tertiary/aromatic N) is 1. The SMILES string of the molecule is Cc1c(Br)cccc1C(O)c1ccc2c(c1)CC(=O)N2C. The quantitative estimate of drug-likeness (QED) is 0.906. The summed E-state index contributed by atoms with van der Waals surface area (Å²) in [4.78, 5) is 13.4. The van der Waals surface area contributed by atoms with Crippen molar-refractivity contribution in [2.45, 2.75) is 19.4 Å². The molecular formula is C17H16BrNO2. The van der Waals surface area contributed by atoms with Crippen LogP contribution in [0.3, 0.4) is 0 Å². The number of aliphatic hydroxyl groups excluding tert-OH is 1. The predicted molar refractivity (Wildman–Crippen MR) is 86.5 cm³/mol. The maximum absolute atomic E-state index is 11.7. The Bertz CT molecular complexity index is 727. The Labute approximate surface area is 132 Å². The molecule has 1 aliphatic heterocycles. The molecule has 2 aromatic rings. The third kappa shape index (κ3) is 2.39. The molecule has 0 fully saturated rings. The Morgan fingerprint density at radius 2 is 2.05 bits per heavy atom. The Hall–Kier alpha value is -1.65. The zero-order chi connectivity index (χ0) is 15.1. The van der Waals surface area contributed by atoms with Crippen LogP contribution < -0.4 is 4.90 Å². The number of carbonyl (C=O) groups excluding carboxylic acids is 1. The van der Waals surface area contributed by atoms with Gasteiger partial charge in [-0.15, -0.1) is 0 Å². The molecule has 1 aliphatic rings. The number of likely N-dealkylation sites (N-methyl/N-ethyl adjacent to an activating group) is 1. The standard InChI is InChI=1S/C17H16BrNO2/c1-10-13(4-3-5-14(10)18)17(21)11-6-7-15-12(8-11)9-16(20)19(15)2/h3-8,17,21H,9H2,1-2H3. The van der Waals surface area contributed by atoms with Crippen LogP contribution in [0.4, 0.5) is 5.69 Å². The summed E-state index contributed by atoms with van der Waals surface area (Å²) < 4.78 is 0.982. The lowest BCUT2D eigenvalue weighted by molar-refractivity contribution is -0.117. The molecule has 2 aromatic carbocycles. The molecule has 0 aliphatic carbocycles. The highest BCUT2D eigenvalue weighted by Crippen LogP contribution is 2.33. The molecule has 1 unspecified atom stereocenters. The first kappa shape index (κ1) is 14.3. The summed E-state index contributed by atoms with van der Waals surface area (Å²) in [5.41, 5.74) is 4.63. The van der Waals surface area contributed by atoms with Crippen LogP contribution in [0.25, 0.3) is 0 Å². The van der Waals surface area contributed by atoms with E-state index in [4.69, 9.17) is 0 Å². The Morgan fingerprint density at radius 3 is 2.81 bits per heavy atom. The smallest absolute Gasteiger partial charge is 0.231 e. The minimum atomic E-state index is -0.686. The average Bonchev–Trinajstić information content (AvgIpc) is 2.76. The van der Waals surface area contributed by atoms with E-state index < -0.39 is 6.10 Å². The third-order valence-electron chi connectivity index (χ3n) is 4.10. The molecule has 3 nitrogen and oxygen atoms in total. The Balaban J connectivity index is 2.00. The number of hydrogen-bond acceptors (Lipinski definition) is 2. The molecule has 0 saturated carbocycles. The van der Waals surface area contributed by atoms with Gasteiger partial charge in [0.1, 0.15) is 6.10 Å². The second kappa shape index (κ2) is 5.28. The van der Waals surface area contributed by atoms with E-state index in [9.17, 15) is 9.90 Å². The van der Waals surface area contributed by atoms with E-state index in [-0.39, 0.29) is 5.91 Å². The molecule has 1 N–H and O–H groups in total. The van der Waals surface area contributed by atoms with E-state index in [2.05, 4.69) is 15.9 Å². The van der Waals surface area contributed by atoms with Gasteiger partial charge in [0.15, 0.2) is 0 Å². The number of carbonyl (C=O) groups is 1. The number of aliphatic hydroxyl groups is 1. The third-order valence-corrected chi connectivity index (χ3v) is 4.96. The fourth-order valence-corrected chi connectivity index (χ4v) is 3.14. The maximum Gasteiger partial charge on any atom is 0.231 e. The van der Waals surface area contributed by atoms with Crippen LogP contribution in [0.1, 0.15) is 28.4 Å². The van der Waals surface area contributed by atoms with Crippen molar-refractivity contribution in [1.29, 1.82) is 0 Å². The minimum Gasteiger partial charge on any atom is -0.384 e. The van der Waals surface area contributed by atoms with Crippen molar-refractivity contribution >= 4 is 27.5 Å². The van der Waals surface area contributed by atoms with Gasteiger partial charge < -0.3 is 10.0 Å². The van der Waals surface area contributed by atoms with Crippen LogP contribution in [-0.2, 0) is 11.2 Å². The van der Waals surface area contributed by atoms with Crippen LogP contribution in [0.5, 0.6) is 0 Å². The summed E-state index contributed by atoms with van der Waals surface area (Å²) in [6.07, 6.45) is -0.280. The molecule has 0 bridgehead atoms.